The Labute approximate surface area is 143 Å². The van der Waals surface area contributed by atoms with Crippen LogP contribution >= 0.6 is 11.3 Å². The Morgan fingerprint density at radius 3 is 2.78 bits per heavy atom. The van der Waals surface area contributed by atoms with Gasteiger partial charge in [0.15, 0.2) is 5.96 Å². The van der Waals surface area contributed by atoms with Crippen LogP contribution in [-0.4, -0.2) is 55.3 Å². The summed E-state index contributed by atoms with van der Waals surface area (Å²) in [6.45, 7) is 8.95. The Hall–Kier alpha value is -1.11. The van der Waals surface area contributed by atoms with Crippen molar-refractivity contribution in [2.75, 3.05) is 39.3 Å². The number of guanidine groups is 1. The molecule has 5 nitrogen and oxygen atoms in total. The van der Waals surface area contributed by atoms with Crippen molar-refractivity contribution in [2.45, 2.75) is 32.7 Å². The molecule has 2 rings (SSSR count). The van der Waals surface area contributed by atoms with Gasteiger partial charge in [-0.05, 0) is 50.2 Å². The minimum Gasteiger partial charge on any atom is -0.396 e. The van der Waals surface area contributed by atoms with Crippen molar-refractivity contribution in [1.29, 1.82) is 0 Å². The van der Waals surface area contributed by atoms with Crippen LogP contribution in [0.1, 0.15) is 37.6 Å². The highest BCUT2D eigenvalue weighted by molar-refractivity contribution is 7.10. The second-order valence-electron chi connectivity index (χ2n) is 6.16. The fraction of sp³-hybridized carbons (Fsp3) is 0.706. The molecular formula is C17H30N4OS. The minimum atomic E-state index is 0.175. The third-order valence-electron chi connectivity index (χ3n) is 4.13. The molecule has 1 aromatic heterocycles. The molecule has 0 aliphatic carbocycles. The van der Waals surface area contributed by atoms with Crippen molar-refractivity contribution in [3.05, 3.63) is 22.4 Å². The van der Waals surface area contributed by atoms with Crippen LogP contribution in [0, 0.1) is 5.92 Å². The number of nitrogens with zero attached hydrogens (tertiary/aromatic N) is 2. The zero-order valence-corrected chi connectivity index (χ0v) is 15.1. The molecule has 6 heteroatoms. The van der Waals surface area contributed by atoms with Gasteiger partial charge >= 0.3 is 0 Å². The van der Waals surface area contributed by atoms with E-state index in [1.165, 1.54) is 30.8 Å². The molecule has 1 saturated heterocycles. The summed E-state index contributed by atoms with van der Waals surface area (Å²) in [5, 5.41) is 18.1. The molecule has 3 N–H and O–H groups in total. The summed E-state index contributed by atoms with van der Waals surface area (Å²) >= 11 is 1.83. The van der Waals surface area contributed by atoms with Crippen LogP contribution in [0.4, 0.5) is 0 Å². The molecule has 2 heterocycles. The number of thiophene rings is 1. The molecule has 0 saturated carbocycles. The number of aliphatic hydroxyl groups excluding tert-OH is 1. The van der Waals surface area contributed by atoms with Gasteiger partial charge in [-0.1, -0.05) is 13.0 Å². The third kappa shape index (κ3) is 5.79. The molecule has 0 radical (unpaired) electrons. The molecule has 0 bridgehead atoms. The van der Waals surface area contributed by atoms with Crippen molar-refractivity contribution >= 4 is 17.3 Å². The molecule has 1 aromatic rings. The lowest BCUT2D eigenvalue weighted by Gasteiger charge is -2.27. The van der Waals surface area contributed by atoms with E-state index in [0.717, 1.165) is 19.0 Å². The van der Waals surface area contributed by atoms with Crippen molar-refractivity contribution in [2.24, 2.45) is 10.9 Å². The molecule has 23 heavy (non-hydrogen) atoms. The predicted molar refractivity (Wildman–Crippen MR) is 98.1 cm³/mol. The van der Waals surface area contributed by atoms with E-state index < -0.39 is 0 Å². The van der Waals surface area contributed by atoms with Crippen molar-refractivity contribution in [3.63, 3.8) is 0 Å². The highest BCUT2D eigenvalue weighted by atomic mass is 32.1. The van der Waals surface area contributed by atoms with Gasteiger partial charge in [0, 0.05) is 31.1 Å². The topological polar surface area (TPSA) is 59.9 Å². The maximum atomic E-state index is 9.15. The quantitative estimate of drug-likeness (QED) is 0.502. The van der Waals surface area contributed by atoms with E-state index in [1.54, 1.807) is 0 Å². The number of hydrogen-bond donors (Lipinski definition) is 3. The number of hydrogen-bond acceptors (Lipinski definition) is 4. The Morgan fingerprint density at radius 1 is 1.39 bits per heavy atom. The van der Waals surface area contributed by atoms with Gasteiger partial charge in [0.25, 0.3) is 0 Å². The summed E-state index contributed by atoms with van der Waals surface area (Å²) in [6.07, 6.45) is 2.59. The molecule has 0 aromatic carbocycles. The zero-order valence-electron chi connectivity index (χ0n) is 14.3. The lowest BCUT2D eigenvalue weighted by atomic mass is 10.2. The highest BCUT2D eigenvalue weighted by Gasteiger charge is 2.24. The van der Waals surface area contributed by atoms with E-state index in [4.69, 9.17) is 5.11 Å². The van der Waals surface area contributed by atoms with Crippen molar-refractivity contribution in [1.82, 2.24) is 15.5 Å². The predicted octanol–water partition coefficient (Wildman–Crippen LogP) is 2.07. The maximum Gasteiger partial charge on any atom is 0.191 e. The van der Waals surface area contributed by atoms with Crippen LogP contribution in [-0.2, 0) is 0 Å². The summed E-state index contributed by atoms with van der Waals surface area (Å²) in [5.74, 6) is 1.03. The van der Waals surface area contributed by atoms with Gasteiger partial charge in [-0.2, -0.15) is 0 Å². The van der Waals surface area contributed by atoms with Gasteiger partial charge < -0.3 is 15.7 Å². The molecule has 1 aliphatic rings. The Balaban J connectivity index is 1.97. The minimum absolute atomic E-state index is 0.175. The fourth-order valence-electron chi connectivity index (χ4n) is 2.78. The first-order valence-corrected chi connectivity index (χ1v) is 9.53. The smallest absolute Gasteiger partial charge is 0.191 e. The lowest BCUT2D eigenvalue weighted by Crippen LogP contribution is -2.42. The standard InChI is InChI=1S/C17H30N4OS/c1-3-18-17(19-11-14(2)13-22)20-12-15(16-7-6-10-23-16)21-8-4-5-9-21/h6-7,10,14-15,22H,3-5,8-9,11-13H2,1-2H3,(H2,18,19,20). The van der Waals surface area contributed by atoms with Gasteiger partial charge in [0.1, 0.15) is 0 Å². The normalized spacial score (nSPS) is 18.8. The number of aliphatic imine (C=N–C) groups is 1. The van der Waals surface area contributed by atoms with Gasteiger partial charge in [0.05, 0.1) is 6.04 Å². The summed E-state index contributed by atoms with van der Waals surface area (Å²) in [6, 6.07) is 4.77. The summed E-state index contributed by atoms with van der Waals surface area (Å²) in [4.78, 5) is 8.57. The van der Waals surface area contributed by atoms with E-state index in [0.29, 0.717) is 12.6 Å². The molecule has 130 valence electrons. The first-order chi connectivity index (χ1) is 11.2. The average molecular weight is 339 g/mol. The van der Waals surface area contributed by atoms with Gasteiger partial charge in [-0.3, -0.25) is 9.89 Å². The van der Waals surface area contributed by atoms with Gasteiger partial charge in [-0.25, -0.2) is 0 Å². The number of aliphatic hydroxyl groups is 1. The number of nitrogens with one attached hydrogen (secondary N) is 2. The Morgan fingerprint density at radius 2 is 2.17 bits per heavy atom. The maximum absolute atomic E-state index is 9.15. The zero-order chi connectivity index (χ0) is 16.5. The molecule has 0 spiro atoms. The monoisotopic (exact) mass is 338 g/mol. The van der Waals surface area contributed by atoms with Crippen LogP contribution in [0.2, 0.25) is 0 Å². The van der Waals surface area contributed by atoms with Crippen molar-refractivity contribution < 1.29 is 5.11 Å². The van der Waals surface area contributed by atoms with E-state index >= 15 is 0 Å². The van der Waals surface area contributed by atoms with Crippen LogP contribution in [0.3, 0.4) is 0 Å². The molecule has 0 amide bonds. The van der Waals surface area contributed by atoms with Crippen LogP contribution in [0.15, 0.2) is 22.5 Å². The fourth-order valence-corrected chi connectivity index (χ4v) is 3.64. The van der Waals surface area contributed by atoms with E-state index in [-0.39, 0.29) is 12.5 Å². The second kappa shape index (κ2) is 9.90. The van der Waals surface area contributed by atoms with Crippen molar-refractivity contribution in [3.8, 4) is 0 Å². The SMILES string of the molecule is CCNC(=NCC(C)CO)NCC(c1cccs1)N1CCCC1. The summed E-state index contributed by atoms with van der Waals surface area (Å²) in [7, 11) is 0. The largest absolute Gasteiger partial charge is 0.396 e. The summed E-state index contributed by atoms with van der Waals surface area (Å²) in [5.41, 5.74) is 0. The van der Waals surface area contributed by atoms with Crippen LogP contribution in [0.25, 0.3) is 0 Å². The second-order valence-corrected chi connectivity index (χ2v) is 7.14. The summed E-state index contributed by atoms with van der Waals surface area (Å²) < 4.78 is 0. The first-order valence-electron chi connectivity index (χ1n) is 8.65. The molecule has 1 fully saturated rings. The molecule has 2 unspecified atom stereocenters. The number of rotatable bonds is 8. The van der Waals surface area contributed by atoms with Crippen LogP contribution < -0.4 is 10.6 Å². The van der Waals surface area contributed by atoms with E-state index in [2.05, 4.69) is 45.0 Å². The lowest BCUT2D eigenvalue weighted by molar-refractivity contribution is 0.241. The van der Waals surface area contributed by atoms with Gasteiger partial charge in [-0.15, -0.1) is 11.3 Å². The first kappa shape index (κ1) is 18.2. The van der Waals surface area contributed by atoms with Gasteiger partial charge in [0.2, 0.25) is 0 Å². The highest BCUT2D eigenvalue weighted by Crippen LogP contribution is 2.27. The number of likely N-dealkylation sites (tertiary alicyclic amines) is 1. The van der Waals surface area contributed by atoms with E-state index in [9.17, 15) is 0 Å². The third-order valence-corrected chi connectivity index (χ3v) is 5.11. The molecule has 2 atom stereocenters. The average Bonchev–Trinajstić information content (AvgIpc) is 3.26. The Kier molecular flexibility index (Phi) is 7.85. The van der Waals surface area contributed by atoms with E-state index in [1.807, 2.05) is 18.3 Å². The molecular weight excluding hydrogens is 308 g/mol. The Bertz CT molecular complexity index is 457. The molecule has 1 aliphatic heterocycles. The van der Waals surface area contributed by atoms with Crippen LogP contribution in [0.5, 0.6) is 0 Å².